The smallest absolute Gasteiger partial charge is 0.292 e. The first-order valence-electron chi connectivity index (χ1n) is 6.73. The molecule has 104 valence electrons. The summed E-state index contributed by atoms with van der Waals surface area (Å²) in [5.41, 5.74) is 8.24. The largest absolute Gasteiger partial charge is 0.393 e. The first-order chi connectivity index (χ1) is 8.99. The van der Waals surface area contributed by atoms with Gasteiger partial charge in [0.25, 0.3) is 5.69 Å². The number of hydrogen-bond acceptors (Lipinski definition) is 4. The van der Waals surface area contributed by atoms with E-state index < -0.39 is 4.92 Å². The summed E-state index contributed by atoms with van der Waals surface area (Å²) in [6.07, 6.45) is 2.38. The normalized spacial score (nSPS) is 17.6. The highest BCUT2D eigenvalue weighted by Gasteiger charge is 2.21. The number of nitrogens with zero attached hydrogens (tertiary/aromatic N) is 2. The fourth-order valence-electron chi connectivity index (χ4n) is 2.57. The van der Waals surface area contributed by atoms with Crippen molar-refractivity contribution in [1.29, 1.82) is 0 Å². The lowest BCUT2D eigenvalue weighted by Crippen LogP contribution is -2.32. The number of nitrogens with two attached hydrogens (primary N) is 1. The van der Waals surface area contributed by atoms with Crippen LogP contribution in [0.1, 0.15) is 30.9 Å². The van der Waals surface area contributed by atoms with E-state index in [9.17, 15) is 10.1 Å². The number of piperidine rings is 1. The molecule has 19 heavy (non-hydrogen) atoms. The molecule has 0 aliphatic carbocycles. The number of rotatable bonds is 3. The molecule has 1 aromatic rings. The highest BCUT2D eigenvalue weighted by molar-refractivity contribution is 5.65. The molecule has 0 radical (unpaired) electrons. The molecule has 0 unspecified atom stereocenters. The van der Waals surface area contributed by atoms with Crippen LogP contribution in [0.15, 0.2) is 12.1 Å². The molecule has 0 amide bonds. The van der Waals surface area contributed by atoms with Crippen LogP contribution < -0.4 is 5.73 Å². The minimum absolute atomic E-state index is 0.0194. The molecule has 0 bridgehead atoms. The summed E-state index contributed by atoms with van der Waals surface area (Å²) in [6, 6.07) is 3.28. The molecule has 2 N–H and O–H groups in total. The van der Waals surface area contributed by atoms with Crippen molar-refractivity contribution in [1.82, 2.24) is 4.90 Å². The van der Waals surface area contributed by atoms with Gasteiger partial charge in [-0.2, -0.15) is 0 Å². The molecular formula is C14H21N3O2. The van der Waals surface area contributed by atoms with E-state index in [0.29, 0.717) is 12.2 Å². The Morgan fingerprint density at radius 1 is 1.42 bits per heavy atom. The van der Waals surface area contributed by atoms with Crippen LogP contribution in [0, 0.1) is 23.0 Å². The first kappa shape index (κ1) is 13.8. The fourth-order valence-corrected chi connectivity index (χ4v) is 2.57. The first-order valence-corrected chi connectivity index (χ1v) is 6.73. The molecular weight excluding hydrogens is 242 g/mol. The second-order valence-corrected chi connectivity index (χ2v) is 5.51. The monoisotopic (exact) mass is 263 g/mol. The lowest BCUT2D eigenvalue weighted by Gasteiger charge is -2.30. The zero-order valence-corrected chi connectivity index (χ0v) is 11.6. The van der Waals surface area contributed by atoms with E-state index in [0.717, 1.165) is 30.1 Å². The van der Waals surface area contributed by atoms with Crippen LogP contribution in [0.4, 0.5) is 11.4 Å². The average Bonchev–Trinajstić information content (AvgIpc) is 2.36. The average molecular weight is 263 g/mol. The Kier molecular flexibility index (Phi) is 4.04. The molecule has 2 rings (SSSR count). The van der Waals surface area contributed by atoms with Gasteiger partial charge in [-0.05, 0) is 49.9 Å². The number of likely N-dealkylation sites (tertiary alicyclic amines) is 1. The van der Waals surface area contributed by atoms with Crippen molar-refractivity contribution < 1.29 is 4.92 Å². The van der Waals surface area contributed by atoms with Gasteiger partial charge in [-0.3, -0.25) is 15.0 Å². The quantitative estimate of drug-likeness (QED) is 0.517. The van der Waals surface area contributed by atoms with Crippen LogP contribution in [-0.2, 0) is 6.54 Å². The van der Waals surface area contributed by atoms with Crippen LogP contribution in [0.2, 0.25) is 0 Å². The van der Waals surface area contributed by atoms with Crippen molar-refractivity contribution in [2.45, 2.75) is 33.2 Å². The topological polar surface area (TPSA) is 72.4 Å². The predicted octanol–water partition coefficient (Wildman–Crippen LogP) is 2.72. The molecule has 5 heteroatoms. The van der Waals surface area contributed by atoms with Crippen LogP contribution in [0.3, 0.4) is 0 Å². The summed E-state index contributed by atoms with van der Waals surface area (Å²) in [5.74, 6) is 0.778. The third-order valence-corrected chi connectivity index (χ3v) is 4.02. The van der Waals surface area contributed by atoms with Gasteiger partial charge in [-0.1, -0.05) is 13.0 Å². The molecule has 0 aromatic heterocycles. The van der Waals surface area contributed by atoms with Gasteiger partial charge in [0, 0.05) is 12.6 Å². The van der Waals surface area contributed by atoms with Crippen LogP contribution >= 0.6 is 0 Å². The molecule has 1 saturated heterocycles. The number of nitro benzene ring substituents is 1. The van der Waals surface area contributed by atoms with E-state index in [1.165, 1.54) is 18.9 Å². The van der Waals surface area contributed by atoms with Crippen molar-refractivity contribution >= 4 is 11.4 Å². The van der Waals surface area contributed by atoms with Crippen LogP contribution in [0.5, 0.6) is 0 Å². The minimum atomic E-state index is -0.406. The Labute approximate surface area is 113 Å². The van der Waals surface area contributed by atoms with E-state index in [-0.39, 0.29) is 5.69 Å². The highest BCUT2D eigenvalue weighted by atomic mass is 16.6. The molecule has 1 aliphatic heterocycles. The summed E-state index contributed by atoms with van der Waals surface area (Å²) >= 11 is 0. The van der Waals surface area contributed by atoms with Gasteiger partial charge in [-0.25, -0.2) is 0 Å². The summed E-state index contributed by atoms with van der Waals surface area (Å²) < 4.78 is 0. The minimum Gasteiger partial charge on any atom is -0.393 e. The predicted molar refractivity (Wildman–Crippen MR) is 75.9 cm³/mol. The van der Waals surface area contributed by atoms with Crippen molar-refractivity contribution in [3.05, 3.63) is 33.4 Å². The van der Waals surface area contributed by atoms with Gasteiger partial charge >= 0.3 is 0 Å². The lowest BCUT2D eigenvalue weighted by molar-refractivity contribution is -0.384. The second kappa shape index (κ2) is 5.57. The summed E-state index contributed by atoms with van der Waals surface area (Å²) in [6.45, 7) is 7.03. The van der Waals surface area contributed by atoms with Crippen molar-refractivity contribution in [2.75, 3.05) is 18.8 Å². The summed E-state index contributed by atoms with van der Waals surface area (Å²) in [5, 5.41) is 10.9. The molecule has 0 spiro atoms. The van der Waals surface area contributed by atoms with Gasteiger partial charge in [-0.15, -0.1) is 0 Å². The Morgan fingerprint density at radius 2 is 2.05 bits per heavy atom. The third kappa shape index (κ3) is 3.04. The van der Waals surface area contributed by atoms with Gasteiger partial charge < -0.3 is 5.73 Å². The molecule has 1 aromatic carbocycles. The van der Waals surface area contributed by atoms with Crippen molar-refractivity contribution in [2.24, 2.45) is 5.92 Å². The van der Waals surface area contributed by atoms with Crippen LogP contribution in [0.25, 0.3) is 0 Å². The lowest BCUT2D eigenvalue weighted by atomic mass is 9.97. The van der Waals surface area contributed by atoms with E-state index >= 15 is 0 Å². The maximum Gasteiger partial charge on any atom is 0.292 e. The number of benzene rings is 1. The molecule has 0 saturated carbocycles. The van der Waals surface area contributed by atoms with Crippen molar-refractivity contribution in [3.8, 4) is 0 Å². The number of nitrogen functional groups attached to an aromatic ring is 1. The third-order valence-electron chi connectivity index (χ3n) is 4.02. The Morgan fingerprint density at radius 3 is 2.63 bits per heavy atom. The Hall–Kier alpha value is -1.62. The summed E-state index contributed by atoms with van der Waals surface area (Å²) in [7, 11) is 0. The van der Waals surface area contributed by atoms with E-state index in [1.807, 2.05) is 6.92 Å². The molecule has 1 aliphatic rings. The zero-order chi connectivity index (χ0) is 14.0. The Bertz CT molecular complexity index is 480. The molecule has 1 fully saturated rings. The van der Waals surface area contributed by atoms with Gasteiger partial charge in [0.2, 0.25) is 0 Å². The standard InChI is InChI=1S/C14H21N3O2/c1-10-5-7-16(8-6-10)9-12-11(2)3-4-13(14(12)15)17(18)19/h3-4,10H,5-9,15H2,1-2H3. The number of hydrogen-bond donors (Lipinski definition) is 1. The second-order valence-electron chi connectivity index (χ2n) is 5.51. The van der Waals surface area contributed by atoms with Crippen molar-refractivity contribution in [3.63, 3.8) is 0 Å². The van der Waals surface area contributed by atoms with E-state index in [4.69, 9.17) is 5.73 Å². The molecule has 5 nitrogen and oxygen atoms in total. The van der Waals surface area contributed by atoms with E-state index in [1.54, 1.807) is 6.07 Å². The van der Waals surface area contributed by atoms with Crippen LogP contribution in [-0.4, -0.2) is 22.9 Å². The maximum atomic E-state index is 10.9. The van der Waals surface area contributed by atoms with Gasteiger partial charge in [0.15, 0.2) is 0 Å². The number of aryl methyl sites for hydroxylation is 1. The highest BCUT2D eigenvalue weighted by Crippen LogP contribution is 2.29. The van der Waals surface area contributed by atoms with Gasteiger partial charge in [0.05, 0.1) is 4.92 Å². The van der Waals surface area contributed by atoms with E-state index in [2.05, 4.69) is 11.8 Å². The SMILES string of the molecule is Cc1ccc([N+](=O)[O-])c(N)c1CN1CCC(C)CC1. The Balaban J connectivity index is 2.20. The number of anilines is 1. The fraction of sp³-hybridized carbons (Fsp3) is 0.571. The number of nitro groups is 1. The van der Waals surface area contributed by atoms with Gasteiger partial charge in [0.1, 0.15) is 5.69 Å². The summed E-state index contributed by atoms with van der Waals surface area (Å²) in [4.78, 5) is 12.9. The molecule has 1 heterocycles. The molecule has 0 atom stereocenters. The zero-order valence-electron chi connectivity index (χ0n) is 11.6. The maximum absolute atomic E-state index is 10.9.